The van der Waals surface area contributed by atoms with Crippen molar-refractivity contribution in [2.45, 2.75) is 26.0 Å². The molecule has 1 N–H and O–H groups in total. The van der Waals surface area contributed by atoms with E-state index in [4.69, 9.17) is 4.74 Å². The molecule has 1 aromatic carbocycles. The van der Waals surface area contributed by atoms with E-state index in [1.165, 1.54) is 0 Å². The third-order valence-corrected chi connectivity index (χ3v) is 3.47. The number of hydrogen-bond acceptors (Lipinski definition) is 3. The number of rotatable bonds is 3. The zero-order chi connectivity index (χ0) is 13.4. The molecule has 4 nitrogen and oxygen atoms in total. The molecule has 100 valence electrons. The summed E-state index contributed by atoms with van der Waals surface area (Å²) in [4.78, 5) is 12.0. The second-order valence-electron chi connectivity index (χ2n) is 5.25. The number of fused-ring (bicyclic) bond motifs is 1. The topological polar surface area (TPSA) is 43.3 Å². The molecule has 2 aromatic rings. The lowest BCUT2D eigenvalue weighted by Gasteiger charge is -2.28. The van der Waals surface area contributed by atoms with Crippen molar-refractivity contribution in [1.82, 2.24) is 9.88 Å². The normalized spacial score (nSPS) is 15.7. The van der Waals surface area contributed by atoms with Crippen molar-refractivity contribution < 1.29 is 4.74 Å². The van der Waals surface area contributed by atoms with Crippen LogP contribution in [0.3, 0.4) is 0 Å². The lowest BCUT2D eigenvalue weighted by atomic mass is 10.1. The minimum Gasteiger partial charge on any atom is -0.488 e. The molecule has 19 heavy (non-hydrogen) atoms. The zero-order valence-electron chi connectivity index (χ0n) is 11.2. The molecule has 4 heteroatoms. The first-order valence-electron chi connectivity index (χ1n) is 6.68. The Bertz CT molecular complexity index is 657. The van der Waals surface area contributed by atoms with Gasteiger partial charge in [-0.1, -0.05) is 0 Å². The summed E-state index contributed by atoms with van der Waals surface area (Å²) in [6.45, 7) is 5.82. The van der Waals surface area contributed by atoms with Gasteiger partial charge in [0.05, 0.1) is 5.52 Å². The summed E-state index contributed by atoms with van der Waals surface area (Å²) in [6.07, 6.45) is 0.250. The summed E-state index contributed by atoms with van der Waals surface area (Å²) in [5.74, 6) is 0.832. The molecule has 2 heterocycles. The largest absolute Gasteiger partial charge is 0.488 e. The van der Waals surface area contributed by atoms with Crippen LogP contribution in [0.25, 0.3) is 10.9 Å². The maximum atomic E-state index is 12.0. The van der Waals surface area contributed by atoms with Crippen molar-refractivity contribution in [2.75, 3.05) is 13.1 Å². The Morgan fingerprint density at radius 1 is 1.26 bits per heavy atom. The fourth-order valence-electron chi connectivity index (χ4n) is 2.38. The van der Waals surface area contributed by atoms with Crippen LogP contribution < -0.4 is 15.6 Å². The summed E-state index contributed by atoms with van der Waals surface area (Å²) in [5, 5.41) is 4.24. The van der Waals surface area contributed by atoms with Crippen LogP contribution in [0.15, 0.2) is 35.1 Å². The van der Waals surface area contributed by atoms with Gasteiger partial charge in [0.1, 0.15) is 11.9 Å². The van der Waals surface area contributed by atoms with Crippen molar-refractivity contribution in [2.24, 2.45) is 0 Å². The van der Waals surface area contributed by atoms with Gasteiger partial charge in [0.15, 0.2) is 0 Å². The first-order chi connectivity index (χ1) is 9.15. The van der Waals surface area contributed by atoms with Gasteiger partial charge in [-0.15, -0.1) is 0 Å². The summed E-state index contributed by atoms with van der Waals surface area (Å²) in [6, 6.07) is 9.57. The second-order valence-corrected chi connectivity index (χ2v) is 5.25. The van der Waals surface area contributed by atoms with Crippen molar-refractivity contribution in [3.63, 3.8) is 0 Å². The van der Waals surface area contributed by atoms with Crippen LogP contribution >= 0.6 is 0 Å². The average Bonchev–Trinajstić information content (AvgIpc) is 2.33. The molecule has 1 aliphatic rings. The number of nitrogens with one attached hydrogen (secondary N) is 1. The Kier molecular flexibility index (Phi) is 3.03. The first-order valence-corrected chi connectivity index (χ1v) is 6.68. The molecule has 3 rings (SSSR count). The molecular formula is C15H18N2O2. The molecule has 0 unspecified atom stereocenters. The number of nitrogens with zero attached hydrogens (tertiary/aromatic N) is 1. The third-order valence-electron chi connectivity index (χ3n) is 3.47. The van der Waals surface area contributed by atoms with E-state index >= 15 is 0 Å². The van der Waals surface area contributed by atoms with Gasteiger partial charge in [-0.2, -0.15) is 0 Å². The van der Waals surface area contributed by atoms with E-state index in [0.29, 0.717) is 0 Å². The highest BCUT2D eigenvalue weighted by atomic mass is 16.5. The Balaban J connectivity index is 2.08. The number of hydrogen-bond donors (Lipinski definition) is 1. The number of benzene rings is 1. The number of aromatic nitrogens is 1. The second kappa shape index (κ2) is 4.70. The van der Waals surface area contributed by atoms with Crippen LogP contribution in [0.1, 0.15) is 19.9 Å². The van der Waals surface area contributed by atoms with Crippen molar-refractivity contribution in [3.8, 4) is 5.75 Å². The van der Waals surface area contributed by atoms with Crippen molar-refractivity contribution in [3.05, 3.63) is 40.7 Å². The molecule has 1 aromatic heterocycles. The molecule has 0 saturated carbocycles. The van der Waals surface area contributed by atoms with Gasteiger partial charge >= 0.3 is 0 Å². The highest BCUT2D eigenvalue weighted by Gasteiger charge is 2.18. The molecule has 0 bridgehead atoms. The predicted octanol–water partition coefficient (Wildman–Crippen LogP) is 1.93. The highest BCUT2D eigenvalue weighted by molar-refractivity contribution is 5.80. The van der Waals surface area contributed by atoms with E-state index in [9.17, 15) is 4.79 Å². The molecule has 0 spiro atoms. The Hall–Kier alpha value is -1.81. The van der Waals surface area contributed by atoms with E-state index in [1.807, 2.05) is 38.1 Å². The van der Waals surface area contributed by atoms with Crippen LogP contribution in [-0.4, -0.2) is 23.8 Å². The van der Waals surface area contributed by atoms with Crippen LogP contribution in [0.4, 0.5) is 0 Å². The van der Waals surface area contributed by atoms with E-state index in [0.717, 1.165) is 29.7 Å². The SMILES string of the molecule is CC(C)n1c(=O)ccc2ccc(OC3CNC3)cc21. The monoisotopic (exact) mass is 258 g/mol. The summed E-state index contributed by atoms with van der Waals surface area (Å²) >= 11 is 0. The predicted molar refractivity (Wildman–Crippen MR) is 75.9 cm³/mol. The number of ether oxygens (including phenoxy) is 1. The van der Waals surface area contributed by atoms with E-state index in [-0.39, 0.29) is 17.7 Å². The maximum absolute atomic E-state index is 12.0. The van der Waals surface area contributed by atoms with Gasteiger partial charge in [-0.3, -0.25) is 4.79 Å². The van der Waals surface area contributed by atoms with Crippen molar-refractivity contribution in [1.29, 1.82) is 0 Å². The molecular weight excluding hydrogens is 240 g/mol. The number of pyridine rings is 1. The lowest BCUT2D eigenvalue weighted by molar-refractivity contribution is 0.142. The Morgan fingerprint density at radius 2 is 2.00 bits per heavy atom. The van der Waals surface area contributed by atoms with Gasteiger partial charge in [0.2, 0.25) is 0 Å². The van der Waals surface area contributed by atoms with E-state index in [2.05, 4.69) is 5.32 Å². The van der Waals surface area contributed by atoms with Gasteiger partial charge in [-0.05, 0) is 37.4 Å². The minimum atomic E-state index is 0.0324. The quantitative estimate of drug-likeness (QED) is 0.915. The maximum Gasteiger partial charge on any atom is 0.251 e. The highest BCUT2D eigenvalue weighted by Crippen LogP contribution is 2.23. The Labute approximate surface area is 112 Å². The van der Waals surface area contributed by atoms with E-state index < -0.39 is 0 Å². The van der Waals surface area contributed by atoms with Crippen LogP contribution in [-0.2, 0) is 0 Å². The first kappa shape index (κ1) is 12.2. The van der Waals surface area contributed by atoms with Gasteiger partial charge in [0.25, 0.3) is 5.56 Å². The standard InChI is InChI=1S/C15H18N2O2/c1-10(2)17-14-7-12(19-13-8-16-9-13)5-3-11(14)4-6-15(17)18/h3-7,10,13,16H,8-9H2,1-2H3. The molecule has 0 atom stereocenters. The lowest BCUT2D eigenvalue weighted by Crippen LogP contribution is -2.50. The molecule has 0 radical (unpaired) electrons. The third kappa shape index (κ3) is 2.24. The minimum absolute atomic E-state index is 0.0324. The molecule has 0 amide bonds. The van der Waals surface area contributed by atoms with Gasteiger partial charge < -0.3 is 14.6 Å². The molecule has 0 aliphatic carbocycles. The van der Waals surface area contributed by atoms with E-state index in [1.54, 1.807) is 10.6 Å². The van der Waals surface area contributed by atoms with Crippen molar-refractivity contribution >= 4 is 10.9 Å². The van der Waals surface area contributed by atoms with Crippen LogP contribution in [0.2, 0.25) is 0 Å². The molecule has 1 fully saturated rings. The molecule has 1 aliphatic heterocycles. The average molecular weight is 258 g/mol. The van der Waals surface area contributed by atoms with Crippen LogP contribution in [0, 0.1) is 0 Å². The molecule has 1 saturated heterocycles. The smallest absolute Gasteiger partial charge is 0.251 e. The van der Waals surface area contributed by atoms with Gasteiger partial charge in [-0.25, -0.2) is 0 Å². The van der Waals surface area contributed by atoms with Gasteiger partial charge in [0, 0.05) is 31.3 Å². The fourth-order valence-corrected chi connectivity index (χ4v) is 2.38. The fraction of sp³-hybridized carbons (Fsp3) is 0.400. The summed E-state index contributed by atoms with van der Waals surface area (Å²) in [7, 11) is 0. The zero-order valence-corrected chi connectivity index (χ0v) is 11.2. The van der Waals surface area contributed by atoms with Crippen LogP contribution in [0.5, 0.6) is 5.75 Å². The Morgan fingerprint density at radius 3 is 2.63 bits per heavy atom. The summed E-state index contributed by atoms with van der Waals surface area (Å²) in [5.41, 5.74) is 0.970. The summed E-state index contributed by atoms with van der Waals surface area (Å²) < 4.78 is 7.66.